The standard InChI is InChI=1S/C17H17FN2O3S2/c18-14-3-6-16(7-4-14)25(22,23)20-11-9-19(10-12-20)17(21)8-5-15-2-1-13-24-15/h1-8,13H,9-12H2/b8-5+. The van der Waals surface area contributed by atoms with Crippen molar-refractivity contribution in [3.63, 3.8) is 0 Å². The number of hydrogen-bond donors (Lipinski definition) is 0. The Morgan fingerprint density at radius 1 is 1.08 bits per heavy atom. The Labute approximate surface area is 150 Å². The third kappa shape index (κ3) is 4.15. The van der Waals surface area contributed by atoms with Crippen LogP contribution in [0.2, 0.25) is 0 Å². The van der Waals surface area contributed by atoms with Crippen LogP contribution in [0.15, 0.2) is 52.7 Å². The van der Waals surface area contributed by atoms with Gasteiger partial charge < -0.3 is 4.90 Å². The number of hydrogen-bond acceptors (Lipinski definition) is 4. The summed E-state index contributed by atoms with van der Waals surface area (Å²) in [5.41, 5.74) is 0. The first-order valence-corrected chi connectivity index (χ1v) is 10.0. The summed E-state index contributed by atoms with van der Waals surface area (Å²) in [4.78, 5) is 14.9. The van der Waals surface area contributed by atoms with Gasteiger partial charge in [-0.05, 0) is 41.8 Å². The molecule has 0 bridgehead atoms. The number of amides is 1. The van der Waals surface area contributed by atoms with Crippen LogP contribution >= 0.6 is 11.3 Å². The molecule has 8 heteroatoms. The summed E-state index contributed by atoms with van der Waals surface area (Å²) in [7, 11) is -3.66. The molecule has 132 valence electrons. The van der Waals surface area contributed by atoms with Crippen LogP contribution in [0.3, 0.4) is 0 Å². The van der Waals surface area contributed by atoms with Crippen molar-refractivity contribution in [2.45, 2.75) is 4.90 Å². The molecule has 0 aliphatic carbocycles. The van der Waals surface area contributed by atoms with Crippen LogP contribution in [-0.4, -0.2) is 49.7 Å². The molecular weight excluding hydrogens is 363 g/mol. The summed E-state index contributed by atoms with van der Waals surface area (Å²) in [6, 6.07) is 8.59. The van der Waals surface area contributed by atoms with Crippen LogP contribution in [0.25, 0.3) is 6.08 Å². The Hall–Kier alpha value is -2.03. The normalized spacial score (nSPS) is 16.4. The minimum absolute atomic E-state index is 0.0614. The van der Waals surface area contributed by atoms with E-state index in [9.17, 15) is 17.6 Å². The smallest absolute Gasteiger partial charge is 0.246 e. The van der Waals surface area contributed by atoms with E-state index in [-0.39, 0.29) is 23.9 Å². The molecule has 0 atom stereocenters. The number of halogens is 1. The largest absolute Gasteiger partial charge is 0.337 e. The van der Waals surface area contributed by atoms with Gasteiger partial charge in [0.25, 0.3) is 0 Å². The van der Waals surface area contributed by atoms with Gasteiger partial charge in [0.05, 0.1) is 4.90 Å². The monoisotopic (exact) mass is 380 g/mol. The molecule has 0 spiro atoms. The number of thiophene rings is 1. The van der Waals surface area contributed by atoms with E-state index in [4.69, 9.17) is 0 Å². The molecule has 1 aromatic heterocycles. The van der Waals surface area contributed by atoms with Crippen LogP contribution in [-0.2, 0) is 14.8 Å². The number of carbonyl (C=O) groups is 1. The molecule has 1 amide bonds. The van der Waals surface area contributed by atoms with Crippen molar-refractivity contribution in [3.05, 3.63) is 58.5 Å². The zero-order chi connectivity index (χ0) is 17.9. The zero-order valence-electron chi connectivity index (χ0n) is 13.3. The van der Waals surface area contributed by atoms with E-state index in [0.29, 0.717) is 13.1 Å². The third-order valence-electron chi connectivity index (χ3n) is 3.94. The van der Waals surface area contributed by atoms with Crippen molar-refractivity contribution < 1.29 is 17.6 Å². The van der Waals surface area contributed by atoms with Crippen LogP contribution in [0.1, 0.15) is 4.88 Å². The van der Waals surface area contributed by atoms with Gasteiger partial charge in [-0.15, -0.1) is 11.3 Å². The van der Waals surface area contributed by atoms with E-state index in [1.165, 1.54) is 22.5 Å². The van der Waals surface area contributed by atoms with Crippen LogP contribution in [0, 0.1) is 5.82 Å². The zero-order valence-corrected chi connectivity index (χ0v) is 15.0. The highest BCUT2D eigenvalue weighted by molar-refractivity contribution is 7.89. The van der Waals surface area contributed by atoms with E-state index in [1.54, 1.807) is 22.3 Å². The fraction of sp³-hybridized carbons (Fsp3) is 0.235. The molecule has 1 aliphatic rings. The van der Waals surface area contributed by atoms with E-state index in [0.717, 1.165) is 17.0 Å². The fourth-order valence-electron chi connectivity index (χ4n) is 2.55. The van der Waals surface area contributed by atoms with Crippen molar-refractivity contribution in [1.82, 2.24) is 9.21 Å². The van der Waals surface area contributed by atoms with E-state index in [2.05, 4.69) is 0 Å². The number of benzene rings is 1. The molecule has 25 heavy (non-hydrogen) atoms. The SMILES string of the molecule is O=C(/C=C/c1cccs1)N1CCN(S(=O)(=O)c2ccc(F)cc2)CC1. The Morgan fingerprint density at radius 3 is 2.36 bits per heavy atom. The molecule has 0 radical (unpaired) electrons. The van der Waals surface area contributed by atoms with E-state index >= 15 is 0 Å². The van der Waals surface area contributed by atoms with Crippen LogP contribution in [0.4, 0.5) is 4.39 Å². The second-order valence-corrected chi connectivity index (χ2v) is 8.45. The minimum Gasteiger partial charge on any atom is -0.337 e. The van der Waals surface area contributed by atoms with Gasteiger partial charge in [0.15, 0.2) is 0 Å². The molecule has 2 aromatic rings. The lowest BCUT2D eigenvalue weighted by Crippen LogP contribution is -2.50. The maximum Gasteiger partial charge on any atom is 0.246 e. The molecule has 1 fully saturated rings. The third-order valence-corrected chi connectivity index (χ3v) is 6.69. The molecule has 1 saturated heterocycles. The van der Waals surface area contributed by atoms with Crippen molar-refractivity contribution in [2.24, 2.45) is 0 Å². The predicted octanol–water partition coefficient (Wildman–Crippen LogP) is 2.43. The van der Waals surface area contributed by atoms with E-state index in [1.807, 2.05) is 17.5 Å². The maximum atomic E-state index is 13.0. The van der Waals surface area contributed by atoms with Gasteiger partial charge in [0.2, 0.25) is 15.9 Å². The lowest BCUT2D eigenvalue weighted by molar-refractivity contribution is -0.127. The highest BCUT2D eigenvalue weighted by Crippen LogP contribution is 2.18. The molecule has 0 N–H and O–H groups in total. The minimum atomic E-state index is -3.66. The Balaban J connectivity index is 1.61. The summed E-state index contributed by atoms with van der Waals surface area (Å²) >= 11 is 1.54. The van der Waals surface area contributed by atoms with Gasteiger partial charge in [0, 0.05) is 37.1 Å². The molecule has 0 unspecified atom stereocenters. The number of carbonyl (C=O) groups excluding carboxylic acids is 1. The molecule has 1 aliphatic heterocycles. The van der Waals surface area contributed by atoms with Gasteiger partial charge in [0.1, 0.15) is 5.82 Å². The predicted molar refractivity (Wildman–Crippen MR) is 95.1 cm³/mol. The quantitative estimate of drug-likeness (QED) is 0.766. The Kier molecular flexibility index (Phi) is 5.31. The van der Waals surface area contributed by atoms with Crippen LogP contribution < -0.4 is 0 Å². The first-order valence-electron chi connectivity index (χ1n) is 7.73. The molecule has 2 heterocycles. The molecule has 0 saturated carbocycles. The van der Waals surface area contributed by atoms with Gasteiger partial charge in [-0.25, -0.2) is 12.8 Å². The summed E-state index contributed by atoms with van der Waals surface area (Å²) in [5.74, 6) is -0.612. The van der Waals surface area contributed by atoms with Crippen molar-refractivity contribution in [1.29, 1.82) is 0 Å². The molecule has 1 aromatic carbocycles. The first kappa shape index (κ1) is 17.8. The van der Waals surface area contributed by atoms with Crippen molar-refractivity contribution in [3.8, 4) is 0 Å². The maximum absolute atomic E-state index is 13.0. The summed E-state index contributed by atoms with van der Waals surface area (Å²) in [5, 5.41) is 1.93. The second kappa shape index (κ2) is 7.47. The summed E-state index contributed by atoms with van der Waals surface area (Å²) in [6.45, 7) is 1.10. The lowest BCUT2D eigenvalue weighted by atomic mass is 10.3. The average molecular weight is 380 g/mol. The average Bonchev–Trinajstić information content (AvgIpc) is 3.14. The van der Waals surface area contributed by atoms with Crippen molar-refractivity contribution >= 4 is 33.3 Å². The van der Waals surface area contributed by atoms with Crippen molar-refractivity contribution in [2.75, 3.05) is 26.2 Å². The van der Waals surface area contributed by atoms with Gasteiger partial charge in [-0.1, -0.05) is 6.07 Å². The highest BCUT2D eigenvalue weighted by atomic mass is 32.2. The summed E-state index contributed by atoms with van der Waals surface area (Å²) in [6.07, 6.45) is 3.27. The van der Waals surface area contributed by atoms with E-state index < -0.39 is 15.8 Å². The molecule has 5 nitrogen and oxygen atoms in total. The first-order chi connectivity index (χ1) is 12.0. The number of nitrogens with zero attached hydrogens (tertiary/aromatic N) is 2. The van der Waals surface area contributed by atoms with Gasteiger partial charge in [-0.2, -0.15) is 4.31 Å². The molecule has 3 rings (SSSR count). The Bertz CT molecular complexity index is 854. The van der Waals surface area contributed by atoms with Gasteiger partial charge in [-0.3, -0.25) is 4.79 Å². The topological polar surface area (TPSA) is 57.7 Å². The van der Waals surface area contributed by atoms with Crippen LogP contribution in [0.5, 0.6) is 0 Å². The molecular formula is C17H17FN2O3S2. The lowest BCUT2D eigenvalue weighted by Gasteiger charge is -2.33. The Morgan fingerprint density at radius 2 is 1.76 bits per heavy atom. The second-order valence-electron chi connectivity index (χ2n) is 5.53. The fourth-order valence-corrected chi connectivity index (χ4v) is 4.59. The number of sulfonamides is 1. The number of piperazine rings is 1. The highest BCUT2D eigenvalue weighted by Gasteiger charge is 2.29. The van der Waals surface area contributed by atoms with Gasteiger partial charge >= 0.3 is 0 Å². The summed E-state index contributed by atoms with van der Waals surface area (Å²) < 4.78 is 39.4. The number of rotatable bonds is 4.